The third-order valence-corrected chi connectivity index (χ3v) is 3.07. The first kappa shape index (κ1) is 19.0. The lowest BCUT2D eigenvalue weighted by atomic mass is 10.2. The van der Waals surface area contributed by atoms with E-state index in [0.29, 0.717) is 37.1 Å². The van der Waals surface area contributed by atoms with Gasteiger partial charge in [0.2, 0.25) is 5.96 Å². The molecule has 2 aromatic carbocycles. The zero-order valence-corrected chi connectivity index (χ0v) is 14.4. The maximum Gasteiger partial charge on any atom is 0.211 e. The van der Waals surface area contributed by atoms with Crippen molar-refractivity contribution in [1.29, 1.82) is 0 Å². The van der Waals surface area contributed by atoms with Crippen LogP contribution in [0.3, 0.4) is 0 Å². The quantitative estimate of drug-likeness (QED) is 0.309. The van der Waals surface area contributed by atoms with Crippen molar-refractivity contribution in [3.63, 3.8) is 0 Å². The third kappa shape index (κ3) is 6.31. The van der Waals surface area contributed by atoms with Crippen LogP contribution in [0.4, 0.5) is 4.39 Å². The fourth-order valence-corrected chi connectivity index (χ4v) is 2.00. The van der Waals surface area contributed by atoms with Crippen molar-refractivity contribution in [2.75, 3.05) is 19.8 Å². The Bertz CT molecular complexity index is 760. The number of nitrogens with zero attached hydrogens (tertiary/aromatic N) is 2. The number of benzene rings is 2. The summed E-state index contributed by atoms with van der Waals surface area (Å²) in [6.07, 6.45) is 1.50. The average Bonchev–Trinajstić information content (AvgIpc) is 2.61. The van der Waals surface area contributed by atoms with Gasteiger partial charge in [-0.3, -0.25) is 0 Å². The molecule has 0 aliphatic rings. The van der Waals surface area contributed by atoms with Gasteiger partial charge in [-0.15, -0.1) is 5.10 Å². The Morgan fingerprint density at radius 3 is 2.42 bits per heavy atom. The fourth-order valence-electron chi connectivity index (χ4n) is 2.00. The topological polar surface area (TPSA) is 104 Å². The van der Waals surface area contributed by atoms with E-state index in [0.717, 1.165) is 5.56 Å². The monoisotopic (exact) mass is 360 g/mol. The Kier molecular flexibility index (Phi) is 7.23. The molecule has 0 bridgehead atoms. The Labute approximate surface area is 151 Å². The summed E-state index contributed by atoms with van der Waals surface area (Å²) in [7, 11) is 0. The minimum Gasteiger partial charge on any atom is -0.490 e. The first-order chi connectivity index (χ1) is 12.6. The van der Waals surface area contributed by atoms with Gasteiger partial charge in [0.1, 0.15) is 24.8 Å². The van der Waals surface area contributed by atoms with Crippen molar-refractivity contribution in [1.82, 2.24) is 0 Å². The molecule has 0 atom stereocenters. The van der Waals surface area contributed by atoms with Crippen molar-refractivity contribution in [3.05, 3.63) is 53.8 Å². The molecule has 0 fully saturated rings. The Balaban J connectivity index is 1.93. The lowest BCUT2D eigenvalue weighted by Gasteiger charge is -2.13. The first-order valence-corrected chi connectivity index (χ1v) is 7.98. The van der Waals surface area contributed by atoms with Crippen molar-refractivity contribution in [2.24, 2.45) is 21.7 Å². The largest absolute Gasteiger partial charge is 0.490 e. The molecule has 138 valence electrons. The summed E-state index contributed by atoms with van der Waals surface area (Å²) in [5.74, 6) is 1.30. The summed E-state index contributed by atoms with van der Waals surface area (Å²) in [5.41, 5.74) is 11.2. The fraction of sp³-hybridized carbons (Fsp3) is 0.222. The predicted molar refractivity (Wildman–Crippen MR) is 98.4 cm³/mol. The number of ether oxygens (including phenoxy) is 3. The van der Waals surface area contributed by atoms with E-state index in [2.05, 4.69) is 10.2 Å². The van der Waals surface area contributed by atoms with Crippen LogP contribution in [-0.2, 0) is 0 Å². The second kappa shape index (κ2) is 9.87. The van der Waals surface area contributed by atoms with Gasteiger partial charge in [-0.05, 0) is 55.0 Å². The molecule has 4 N–H and O–H groups in total. The molecule has 2 aromatic rings. The Hall–Kier alpha value is -3.29. The number of nitrogens with two attached hydrogens (primary N) is 2. The predicted octanol–water partition coefficient (Wildman–Crippen LogP) is 2.29. The minimum atomic E-state index is -0.307. The lowest BCUT2D eigenvalue weighted by Crippen LogP contribution is -2.21. The summed E-state index contributed by atoms with van der Waals surface area (Å²) in [5, 5.41) is 7.30. The van der Waals surface area contributed by atoms with Gasteiger partial charge in [-0.2, -0.15) is 5.10 Å². The molecule has 0 amide bonds. The van der Waals surface area contributed by atoms with E-state index in [1.807, 2.05) is 6.92 Å². The first-order valence-electron chi connectivity index (χ1n) is 7.98. The van der Waals surface area contributed by atoms with Gasteiger partial charge >= 0.3 is 0 Å². The highest BCUT2D eigenvalue weighted by molar-refractivity contribution is 5.82. The second-order valence-electron chi connectivity index (χ2n) is 5.06. The number of hydrogen-bond acceptors (Lipinski definition) is 5. The molecule has 0 aliphatic heterocycles. The summed E-state index contributed by atoms with van der Waals surface area (Å²) >= 11 is 0. The molecule has 0 radical (unpaired) electrons. The Morgan fingerprint density at radius 1 is 1.00 bits per heavy atom. The smallest absolute Gasteiger partial charge is 0.211 e. The maximum atomic E-state index is 12.8. The highest BCUT2D eigenvalue weighted by Gasteiger charge is 2.06. The lowest BCUT2D eigenvalue weighted by molar-refractivity contribution is 0.208. The summed E-state index contributed by atoms with van der Waals surface area (Å²) < 4.78 is 29.6. The summed E-state index contributed by atoms with van der Waals surface area (Å²) in [6, 6.07) is 11.1. The second-order valence-corrected chi connectivity index (χ2v) is 5.06. The van der Waals surface area contributed by atoms with Gasteiger partial charge < -0.3 is 25.7 Å². The van der Waals surface area contributed by atoms with E-state index in [-0.39, 0.29) is 11.8 Å². The minimum absolute atomic E-state index is 0.118. The number of hydrogen-bond donors (Lipinski definition) is 2. The van der Waals surface area contributed by atoms with Crippen molar-refractivity contribution in [3.8, 4) is 17.2 Å². The molecule has 0 unspecified atom stereocenters. The van der Waals surface area contributed by atoms with Crippen LogP contribution in [0.2, 0.25) is 0 Å². The number of rotatable bonds is 9. The average molecular weight is 360 g/mol. The molecule has 7 nitrogen and oxygen atoms in total. The molecule has 0 heterocycles. The van der Waals surface area contributed by atoms with E-state index in [1.54, 1.807) is 30.3 Å². The number of halogens is 1. The van der Waals surface area contributed by atoms with Crippen LogP contribution in [-0.4, -0.2) is 32.0 Å². The molecular weight excluding hydrogens is 339 g/mol. The number of guanidine groups is 1. The van der Waals surface area contributed by atoms with E-state index in [1.165, 1.54) is 18.3 Å². The summed E-state index contributed by atoms with van der Waals surface area (Å²) in [4.78, 5) is 0. The van der Waals surface area contributed by atoms with Gasteiger partial charge in [-0.1, -0.05) is 0 Å². The van der Waals surface area contributed by atoms with Gasteiger partial charge in [0.15, 0.2) is 11.5 Å². The van der Waals surface area contributed by atoms with Crippen LogP contribution in [0.25, 0.3) is 0 Å². The Morgan fingerprint density at radius 2 is 1.73 bits per heavy atom. The van der Waals surface area contributed by atoms with Gasteiger partial charge in [0.05, 0.1) is 12.8 Å². The molecule has 0 saturated heterocycles. The highest BCUT2D eigenvalue weighted by atomic mass is 19.1. The zero-order chi connectivity index (χ0) is 18.8. The van der Waals surface area contributed by atoms with E-state index in [4.69, 9.17) is 25.7 Å². The van der Waals surface area contributed by atoms with Crippen LogP contribution in [0.1, 0.15) is 12.5 Å². The highest BCUT2D eigenvalue weighted by Crippen LogP contribution is 2.28. The van der Waals surface area contributed by atoms with E-state index >= 15 is 0 Å². The van der Waals surface area contributed by atoms with Crippen molar-refractivity contribution in [2.45, 2.75) is 6.92 Å². The molecule has 0 saturated carbocycles. The van der Waals surface area contributed by atoms with E-state index in [9.17, 15) is 4.39 Å². The molecule has 0 aliphatic carbocycles. The maximum absolute atomic E-state index is 12.8. The van der Waals surface area contributed by atoms with Gasteiger partial charge in [-0.25, -0.2) is 4.39 Å². The molecular formula is C18H21FN4O3. The van der Waals surface area contributed by atoms with Crippen molar-refractivity contribution >= 4 is 12.2 Å². The van der Waals surface area contributed by atoms with Gasteiger partial charge in [0, 0.05) is 0 Å². The van der Waals surface area contributed by atoms with Crippen molar-refractivity contribution < 1.29 is 18.6 Å². The van der Waals surface area contributed by atoms with Gasteiger partial charge in [0.25, 0.3) is 0 Å². The molecule has 26 heavy (non-hydrogen) atoms. The zero-order valence-electron chi connectivity index (χ0n) is 14.4. The third-order valence-electron chi connectivity index (χ3n) is 3.07. The molecule has 8 heteroatoms. The van der Waals surface area contributed by atoms with Crippen LogP contribution in [0.15, 0.2) is 52.7 Å². The van der Waals surface area contributed by atoms with Crippen LogP contribution in [0.5, 0.6) is 17.2 Å². The standard InChI is InChI=1S/C18H21FN4O3/c1-2-24-17-11-13(12-22-23-18(20)21)3-8-16(17)26-10-9-25-15-6-4-14(19)5-7-15/h3-8,11-12H,2,9-10H2,1H3,(H4,20,21,23)/b22-12+. The van der Waals surface area contributed by atoms with E-state index < -0.39 is 0 Å². The summed E-state index contributed by atoms with van der Waals surface area (Å²) in [6.45, 7) is 2.97. The molecule has 0 spiro atoms. The van der Waals surface area contributed by atoms with Crippen LogP contribution in [0, 0.1) is 5.82 Å². The normalized spacial score (nSPS) is 10.5. The van der Waals surface area contributed by atoms with Crippen LogP contribution < -0.4 is 25.7 Å². The van der Waals surface area contributed by atoms with Crippen LogP contribution >= 0.6 is 0 Å². The molecule has 2 rings (SSSR count). The molecule has 0 aromatic heterocycles. The SMILES string of the molecule is CCOc1cc(/C=N/N=C(N)N)ccc1OCCOc1ccc(F)cc1.